The highest BCUT2D eigenvalue weighted by Gasteiger charge is 2.39. The van der Waals surface area contributed by atoms with Crippen LogP contribution in [-0.2, 0) is 4.84 Å². The highest BCUT2D eigenvalue weighted by Crippen LogP contribution is 2.29. The normalized spacial score (nSPS) is 20.2. The maximum Gasteiger partial charge on any atom is 0.384 e. The number of nitrogens with zero attached hydrogens (tertiary/aromatic N) is 3. The molecule has 0 bridgehead atoms. The van der Waals surface area contributed by atoms with Gasteiger partial charge >= 0.3 is 5.97 Å². The van der Waals surface area contributed by atoms with Crippen LogP contribution in [0.4, 0.5) is 0 Å². The Labute approximate surface area is 143 Å². The largest absolute Gasteiger partial charge is 0.384 e. The molecule has 2 aromatic rings. The number of nitrogens with one attached hydrogen (secondary N) is 1. The highest BCUT2D eigenvalue weighted by molar-refractivity contribution is 6.21. The molecule has 1 atom stereocenters. The maximum atomic E-state index is 12.3. The zero-order valence-electron chi connectivity index (χ0n) is 13.6. The Balaban J connectivity index is 1.51. The number of fused-ring (bicyclic) bond motifs is 1. The molecule has 0 radical (unpaired) electrons. The molecule has 2 aliphatic heterocycles. The van der Waals surface area contributed by atoms with Crippen molar-refractivity contribution < 1.29 is 19.2 Å². The van der Waals surface area contributed by atoms with E-state index in [1.54, 1.807) is 18.2 Å². The van der Waals surface area contributed by atoms with Gasteiger partial charge in [-0.15, -0.1) is 0 Å². The van der Waals surface area contributed by atoms with Gasteiger partial charge in [-0.25, -0.2) is 4.79 Å². The van der Waals surface area contributed by atoms with Crippen LogP contribution < -0.4 is 0 Å². The number of carbonyl (C=O) groups is 3. The molecule has 3 heterocycles. The lowest BCUT2D eigenvalue weighted by atomic mass is 10.1. The first kappa shape index (κ1) is 15.5. The Morgan fingerprint density at radius 2 is 1.92 bits per heavy atom. The zero-order chi connectivity index (χ0) is 17.6. The molecule has 8 heteroatoms. The standard InChI is InChI=1S/C17H16N4O4/c1-20-8-4-7-14(20)12-9-13(19-18-12)17(24)25-21-15(22)10-5-2-3-6-11(10)16(21)23/h2-3,5-6,9,14H,4,7-8H2,1H3,(H,18,19). The number of hydrogen-bond acceptors (Lipinski definition) is 6. The lowest BCUT2D eigenvalue weighted by Crippen LogP contribution is -2.32. The van der Waals surface area contributed by atoms with Crippen molar-refractivity contribution in [2.75, 3.05) is 13.6 Å². The molecule has 1 N–H and O–H groups in total. The van der Waals surface area contributed by atoms with Crippen LogP contribution in [0.5, 0.6) is 0 Å². The quantitative estimate of drug-likeness (QED) is 0.852. The summed E-state index contributed by atoms with van der Waals surface area (Å²) < 4.78 is 0. The Morgan fingerprint density at radius 1 is 1.24 bits per heavy atom. The average Bonchev–Trinajstić information content (AvgIpc) is 3.31. The van der Waals surface area contributed by atoms with E-state index in [1.165, 1.54) is 12.1 Å². The van der Waals surface area contributed by atoms with Crippen LogP contribution in [0, 0.1) is 0 Å². The number of imide groups is 1. The van der Waals surface area contributed by atoms with Crippen LogP contribution >= 0.6 is 0 Å². The Hall–Kier alpha value is -3.00. The molecule has 2 aliphatic rings. The molecule has 0 aliphatic carbocycles. The first-order chi connectivity index (χ1) is 12.1. The molecule has 0 spiro atoms. The second-order valence-electron chi connectivity index (χ2n) is 6.18. The average molecular weight is 340 g/mol. The molecule has 2 amide bonds. The topological polar surface area (TPSA) is 95.6 Å². The van der Waals surface area contributed by atoms with E-state index in [2.05, 4.69) is 15.1 Å². The lowest BCUT2D eigenvalue weighted by molar-refractivity contribution is -0.0588. The second kappa shape index (κ2) is 5.82. The minimum atomic E-state index is -0.849. The highest BCUT2D eigenvalue weighted by atomic mass is 16.7. The molecule has 1 aromatic carbocycles. The third-order valence-corrected chi connectivity index (χ3v) is 4.62. The summed E-state index contributed by atoms with van der Waals surface area (Å²) in [5.41, 5.74) is 1.28. The Morgan fingerprint density at radius 3 is 2.52 bits per heavy atom. The monoisotopic (exact) mass is 340 g/mol. The molecule has 0 saturated carbocycles. The molecule has 8 nitrogen and oxygen atoms in total. The van der Waals surface area contributed by atoms with Crippen molar-refractivity contribution in [3.63, 3.8) is 0 Å². The van der Waals surface area contributed by atoms with Gasteiger partial charge in [0.05, 0.1) is 22.9 Å². The Kier molecular flexibility index (Phi) is 3.61. The molecule has 1 saturated heterocycles. The predicted molar refractivity (Wildman–Crippen MR) is 85.6 cm³/mol. The summed E-state index contributed by atoms with van der Waals surface area (Å²) in [4.78, 5) is 43.9. The number of amides is 2. The molecule has 25 heavy (non-hydrogen) atoms. The van der Waals surface area contributed by atoms with E-state index in [0.717, 1.165) is 25.1 Å². The van der Waals surface area contributed by atoms with Crippen LogP contribution in [0.15, 0.2) is 30.3 Å². The van der Waals surface area contributed by atoms with Crippen molar-refractivity contribution in [1.29, 1.82) is 0 Å². The van der Waals surface area contributed by atoms with Crippen LogP contribution in [0.2, 0.25) is 0 Å². The number of rotatable bonds is 3. The van der Waals surface area contributed by atoms with Gasteiger partial charge in [-0.3, -0.25) is 19.6 Å². The van der Waals surface area contributed by atoms with Gasteiger partial charge < -0.3 is 4.84 Å². The first-order valence-electron chi connectivity index (χ1n) is 8.02. The van der Waals surface area contributed by atoms with E-state index in [4.69, 9.17) is 4.84 Å². The Bertz CT molecular complexity index is 840. The number of H-pyrrole nitrogens is 1. The SMILES string of the molecule is CN1CCCC1c1cc(C(=O)ON2C(=O)c3ccccc3C2=O)n[nH]1. The fourth-order valence-electron chi connectivity index (χ4n) is 3.29. The summed E-state index contributed by atoms with van der Waals surface area (Å²) in [6.45, 7) is 0.985. The van der Waals surface area contributed by atoms with Gasteiger partial charge in [0.15, 0.2) is 5.69 Å². The van der Waals surface area contributed by atoms with Gasteiger partial charge in [0.1, 0.15) is 0 Å². The number of hydroxylamine groups is 2. The van der Waals surface area contributed by atoms with E-state index in [-0.39, 0.29) is 22.9 Å². The summed E-state index contributed by atoms with van der Waals surface area (Å²) in [5, 5.41) is 7.29. The minimum Gasteiger partial charge on any atom is -0.322 e. The van der Waals surface area contributed by atoms with Gasteiger partial charge in [0, 0.05) is 0 Å². The van der Waals surface area contributed by atoms with Crippen molar-refractivity contribution in [1.82, 2.24) is 20.2 Å². The zero-order valence-corrected chi connectivity index (χ0v) is 13.6. The maximum absolute atomic E-state index is 12.3. The molecular weight excluding hydrogens is 324 g/mol. The number of carbonyl (C=O) groups excluding carboxylic acids is 3. The molecule has 1 unspecified atom stereocenters. The van der Waals surface area contributed by atoms with Crippen molar-refractivity contribution >= 4 is 17.8 Å². The third-order valence-electron chi connectivity index (χ3n) is 4.62. The van der Waals surface area contributed by atoms with Crippen LogP contribution in [0.3, 0.4) is 0 Å². The van der Waals surface area contributed by atoms with Crippen LogP contribution in [0.1, 0.15) is 55.8 Å². The van der Waals surface area contributed by atoms with E-state index >= 15 is 0 Å². The first-order valence-corrected chi connectivity index (χ1v) is 8.02. The summed E-state index contributed by atoms with van der Waals surface area (Å²) >= 11 is 0. The number of likely N-dealkylation sites (tertiary alicyclic amines) is 1. The number of aromatic nitrogens is 2. The van der Waals surface area contributed by atoms with Crippen molar-refractivity contribution in [3.05, 3.63) is 52.8 Å². The van der Waals surface area contributed by atoms with Crippen LogP contribution in [0.25, 0.3) is 0 Å². The predicted octanol–water partition coefficient (Wildman–Crippen LogP) is 1.54. The molecular formula is C17H16N4O4. The van der Waals surface area contributed by atoms with Gasteiger partial charge in [-0.2, -0.15) is 5.10 Å². The third kappa shape index (κ3) is 2.51. The minimum absolute atomic E-state index is 0.0341. The van der Waals surface area contributed by atoms with Crippen LogP contribution in [-0.4, -0.2) is 51.5 Å². The van der Waals surface area contributed by atoms with E-state index < -0.39 is 17.8 Å². The van der Waals surface area contributed by atoms with Crippen molar-refractivity contribution in [2.24, 2.45) is 0 Å². The van der Waals surface area contributed by atoms with Crippen molar-refractivity contribution in [2.45, 2.75) is 18.9 Å². The fraction of sp³-hybridized carbons (Fsp3) is 0.294. The van der Waals surface area contributed by atoms with E-state index in [9.17, 15) is 14.4 Å². The second-order valence-corrected chi connectivity index (χ2v) is 6.18. The van der Waals surface area contributed by atoms with E-state index in [0.29, 0.717) is 5.06 Å². The summed E-state index contributed by atoms with van der Waals surface area (Å²) in [7, 11) is 2.01. The fourth-order valence-corrected chi connectivity index (χ4v) is 3.29. The van der Waals surface area contributed by atoms with Gasteiger partial charge in [-0.05, 0) is 44.6 Å². The number of benzene rings is 1. The molecule has 128 valence electrons. The molecule has 1 aromatic heterocycles. The smallest absolute Gasteiger partial charge is 0.322 e. The lowest BCUT2D eigenvalue weighted by Gasteiger charge is -2.16. The van der Waals surface area contributed by atoms with Gasteiger partial charge in [0.25, 0.3) is 11.8 Å². The van der Waals surface area contributed by atoms with E-state index in [1.807, 2.05) is 7.05 Å². The molecule has 4 rings (SSSR count). The summed E-state index contributed by atoms with van der Waals surface area (Å²) in [6, 6.07) is 8.11. The van der Waals surface area contributed by atoms with Gasteiger partial charge in [0.2, 0.25) is 0 Å². The number of hydrogen-bond donors (Lipinski definition) is 1. The van der Waals surface area contributed by atoms with Gasteiger partial charge in [-0.1, -0.05) is 17.2 Å². The molecule has 1 fully saturated rings. The van der Waals surface area contributed by atoms with Crippen molar-refractivity contribution in [3.8, 4) is 0 Å². The summed E-state index contributed by atoms with van der Waals surface area (Å²) in [6.07, 6.45) is 2.06. The summed E-state index contributed by atoms with van der Waals surface area (Å²) in [5.74, 6) is -2.15. The number of aromatic amines is 1.